The number of carbonyl (C=O) groups is 3. The Morgan fingerprint density at radius 3 is 2.27 bits per heavy atom. The molecule has 5 atom stereocenters. The van der Waals surface area contributed by atoms with Crippen LogP contribution in [0, 0.1) is 0 Å². The summed E-state index contributed by atoms with van der Waals surface area (Å²) >= 11 is 0. The van der Waals surface area contributed by atoms with E-state index in [0.29, 0.717) is 25.8 Å². The third-order valence-corrected chi connectivity index (χ3v) is 8.20. The monoisotopic (exact) mass is 635 g/mol. The Morgan fingerprint density at radius 1 is 0.911 bits per heavy atom. The van der Waals surface area contributed by atoms with E-state index in [-0.39, 0.29) is 44.5 Å². The van der Waals surface area contributed by atoms with Gasteiger partial charge >= 0.3 is 12.1 Å². The predicted octanol–water partition coefficient (Wildman–Crippen LogP) is 3.87. The molecule has 0 spiro atoms. The zero-order valence-corrected chi connectivity index (χ0v) is 27.1. The number of hydrogen-bond donors (Lipinski definition) is 6. The lowest BCUT2D eigenvalue weighted by atomic mass is 9.94. The fourth-order valence-corrected chi connectivity index (χ4v) is 5.44. The number of ether oxygens (including phenoxy) is 2. The van der Waals surface area contributed by atoms with Crippen molar-refractivity contribution >= 4 is 18.0 Å². The number of esters is 1. The van der Waals surface area contributed by atoms with Crippen molar-refractivity contribution in [3.8, 4) is 0 Å². The molecule has 256 valence electrons. The molecule has 1 aromatic carbocycles. The molecule has 1 fully saturated rings. The first kappa shape index (κ1) is 38.5. The minimum atomic E-state index is -1.22. The van der Waals surface area contributed by atoms with Crippen LogP contribution in [0.5, 0.6) is 0 Å². The van der Waals surface area contributed by atoms with Gasteiger partial charge in [-0.25, -0.2) is 4.79 Å². The summed E-state index contributed by atoms with van der Waals surface area (Å²) in [6.45, 7) is 2.74. The maximum absolute atomic E-state index is 12.9. The number of piperidine rings is 1. The van der Waals surface area contributed by atoms with E-state index in [9.17, 15) is 29.7 Å². The fraction of sp³-hybridized carbons (Fsp3) is 0.735. The summed E-state index contributed by atoms with van der Waals surface area (Å²) in [5, 5.41) is 38.3. The molecule has 0 saturated carbocycles. The Balaban J connectivity index is 1.70. The summed E-state index contributed by atoms with van der Waals surface area (Å²) in [7, 11) is 0. The number of hydrogen-bond acceptors (Lipinski definition) is 9. The first-order valence-electron chi connectivity index (χ1n) is 17.0. The maximum Gasteiger partial charge on any atom is 0.407 e. The van der Waals surface area contributed by atoms with Gasteiger partial charge < -0.3 is 40.7 Å². The number of nitrogens with one attached hydrogen (secondary N) is 3. The second-order valence-corrected chi connectivity index (χ2v) is 12.1. The highest BCUT2D eigenvalue weighted by Gasteiger charge is 2.37. The van der Waals surface area contributed by atoms with E-state index < -0.39 is 36.5 Å². The van der Waals surface area contributed by atoms with Crippen molar-refractivity contribution in [2.24, 2.45) is 0 Å². The van der Waals surface area contributed by atoms with Crippen LogP contribution in [0.3, 0.4) is 0 Å². The smallest absolute Gasteiger partial charge is 0.407 e. The van der Waals surface area contributed by atoms with E-state index in [2.05, 4.69) is 22.9 Å². The molecule has 0 bridgehead atoms. The van der Waals surface area contributed by atoms with Crippen LogP contribution in [0.25, 0.3) is 0 Å². The Labute approximate surface area is 268 Å². The molecule has 2 rings (SSSR count). The van der Waals surface area contributed by atoms with Gasteiger partial charge in [0.1, 0.15) is 18.8 Å². The normalized spacial score (nSPS) is 20.3. The lowest BCUT2D eigenvalue weighted by Crippen LogP contribution is -2.65. The van der Waals surface area contributed by atoms with E-state index in [1.165, 1.54) is 38.5 Å². The SMILES string of the molecule is CCCCCCCCCCC[C@@H](CC(=O)N[C@@H]1CN[C@H](CO)[C@H](O)[C@H]1O)OC(=O)CCCCCNC(=O)OCc1ccccc1. The van der Waals surface area contributed by atoms with Gasteiger partial charge in [0.2, 0.25) is 5.91 Å². The average molecular weight is 636 g/mol. The van der Waals surface area contributed by atoms with Gasteiger partial charge in [0.05, 0.1) is 31.2 Å². The standard InChI is InChI=1S/C34H57N3O8/c1-2-3-4-5-6-7-8-9-14-19-27(22-30(39)37-28-23-36-29(24-38)33(42)32(28)41)45-31(40)20-15-11-16-21-35-34(43)44-25-26-17-12-10-13-18-26/h10,12-13,17-18,27-29,32-33,36,38,41-42H,2-9,11,14-16,19-25H2,1H3,(H,35,43)(H,37,39)/t27-,28+,29+,32-,33-/m0/s1. The first-order chi connectivity index (χ1) is 21.8. The highest BCUT2D eigenvalue weighted by molar-refractivity contribution is 5.77. The molecule has 0 aliphatic carbocycles. The molecule has 2 amide bonds. The van der Waals surface area contributed by atoms with Crippen molar-refractivity contribution in [1.82, 2.24) is 16.0 Å². The summed E-state index contributed by atoms with van der Waals surface area (Å²) in [6.07, 6.45) is 9.72. The van der Waals surface area contributed by atoms with Crippen LogP contribution in [0.1, 0.15) is 109 Å². The predicted molar refractivity (Wildman–Crippen MR) is 172 cm³/mol. The van der Waals surface area contributed by atoms with Crippen molar-refractivity contribution in [3.63, 3.8) is 0 Å². The third-order valence-electron chi connectivity index (χ3n) is 8.20. The number of rotatable bonds is 23. The van der Waals surface area contributed by atoms with Crippen LogP contribution in [-0.2, 0) is 25.7 Å². The molecule has 1 aliphatic heterocycles. The lowest BCUT2D eigenvalue weighted by Gasteiger charge is -2.38. The molecule has 11 heteroatoms. The highest BCUT2D eigenvalue weighted by atomic mass is 16.5. The van der Waals surface area contributed by atoms with Crippen LogP contribution in [0.15, 0.2) is 30.3 Å². The molecule has 6 N–H and O–H groups in total. The number of alkyl carbamates (subject to hydrolysis) is 1. The second kappa shape index (κ2) is 23.6. The number of aliphatic hydroxyl groups is 3. The summed E-state index contributed by atoms with van der Waals surface area (Å²) in [4.78, 5) is 37.4. The van der Waals surface area contributed by atoms with Gasteiger partial charge in [-0.15, -0.1) is 0 Å². The van der Waals surface area contributed by atoms with Crippen molar-refractivity contribution in [2.45, 2.75) is 140 Å². The first-order valence-corrected chi connectivity index (χ1v) is 17.0. The molecule has 0 radical (unpaired) electrons. The van der Waals surface area contributed by atoms with E-state index >= 15 is 0 Å². The van der Waals surface area contributed by atoms with Gasteiger partial charge in [-0.05, 0) is 31.2 Å². The second-order valence-electron chi connectivity index (χ2n) is 12.1. The van der Waals surface area contributed by atoms with E-state index in [4.69, 9.17) is 9.47 Å². The lowest BCUT2D eigenvalue weighted by molar-refractivity contribution is -0.151. The maximum atomic E-state index is 12.9. The molecule has 1 saturated heterocycles. The molecule has 1 aromatic rings. The third kappa shape index (κ3) is 17.0. The number of carbonyl (C=O) groups excluding carboxylic acids is 3. The van der Waals surface area contributed by atoms with Gasteiger partial charge in [-0.2, -0.15) is 0 Å². The molecule has 45 heavy (non-hydrogen) atoms. The summed E-state index contributed by atoms with van der Waals surface area (Å²) < 4.78 is 10.9. The van der Waals surface area contributed by atoms with Crippen LogP contribution < -0.4 is 16.0 Å². The summed E-state index contributed by atoms with van der Waals surface area (Å²) in [5.41, 5.74) is 0.915. The van der Waals surface area contributed by atoms with Crippen molar-refractivity contribution < 1.29 is 39.2 Å². The molecule has 0 aromatic heterocycles. The van der Waals surface area contributed by atoms with Crippen LogP contribution in [0.2, 0.25) is 0 Å². The Kier molecular flexibility index (Phi) is 20.2. The van der Waals surface area contributed by atoms with Crippen LogP contribution >= 0.6 is 0 Å². The molecule has 1 heterocycles. The van der Waals surface area contributed by atoms with Gasteiger partial charge in [-0.1, -0.05) is 95.0 Å². The zero-order valence-electron chi connectivity index (χ0n) is 27.1. The van der Waals surface area contributed by atoms with Gasteiger partial charge in [-0.3, -0.25) is 9.59 Å². The fourth-order valence-electron chi connectivity index (χ4n) is 5.44. The molecule has 0 unspecified atom stereocenters. The molecular weight excluding hydrogens is 578 g/mol. The van der Waals surface area contributed by atoms with Crippen molar-refractivity contribution in [3.05, 3.63) is 35.9 Å². The van der Waals surface area contributed by atoms with Crippen molar-refractivity contribution in [2.75, 3.05) is 19.7 Å². The van der Waals surface area contributed by atoms with E-state index in [1.807, 2.05) is 30.3 Å². The largest absolute Gasteiger partial charge is 0.462 e. The number of amides is 2. The van der Waals surface area contributed by atoms with Crippen LogP contribution in [-0.4, -0.2) is 83.4 Å². The quantitative estimate of drug-likeness (QED) is 0.0773. The Hall–Kier alpha value is -2.73. The van der Waals surface area contributed by atoms with Gasteiger partial charge in [0.15, 0.2) is 0 Å². The Bertz CT molecular complexity index is 951. The van der Waals surface area contributed by atoms with Gasteiger partial charge in [0, 0.05) is 19.5 Å². The van der Waals surface area contributed by atoms with Gasteiger partial charge in [0.25, 0.3) is 0 Å². The summed E-state index contributed by atoms with van der Waals surface area (Å²) in [5.74, 6) is -0.728. The van der Waals surface area contributed by atoms with E-state index in [1.54, 1.807) is 0 Å². The zero-order chi connectivity index (χ0) is 32.7. The number of aliphatic hydroxyl groups excluding tert-OH is 3. The molecule has 1 aliphatic rings. The minimum Gasteiger partial charge on any atom is -0.462 e. The summed E-state index contributed by atoms with van der Waals surface area (Å²) in [6, 6.07) is 8.07. The average Bonchev–Trinajstić information content (AvgIpc) is 3.03. The number of benzene rings is 1. The molecule has 11 nitrogen and oxygen atoms in total. The highest BCUT2D eigenvalue weighted by Crippen LogP contribution is 2.17. The van der Waals surface area contributed by atoms with Crippen molar-refractivity contribution in [1.29, 1.82) is 0 Å². The minimum absolute atomic E-state index is 0.0273. The Morgan fingerprint density at radius 2 is 1.58 bits per heavy atom. The number of unbranched alkanes of at least 4 members (excludes halogenated alkanes) is 10. The molecular formula is C34H57N3O8. The van der Waals surface area contributed by atoms with E-state index in [0.717, 1.165) is 31.2 Å². The van der Waals surface area contributed by atoms with Crippen LogP contribution in [0.4, 0.5) is 4.79 Å². The topological polar surface area (TPSA) is 166 Å².